The fourth-order valence-corrected chi connectivity index (χ4v) is 4.62. The number of carbonyl (C=O) groups is 1. The van der Waals surface area contributed by atoms with Crippen molar-refractivity contribution < 1.29 is 26.4 Å². The fourth-order valence-electron chi connectivity index (χ4n) is 3.11. The van der Waals surface area contributed by atoms with Gasteiger partial charge in [-0.2, -0.15) is 17.5 Å². The lowest BCUT2D eigenvalue weighted by Gasteiger charge is -2.15. The van der Waals surface area contributed by atoms with Crippen molar-refractivity contribution in [1.82, 2.24) is 9.62 Å². The van der Waals surface area contributed by atoms with Gasteiger partial charge in [-0.05, 0) is 48.7 Å². The lowest BCUT2D eigenvalue weighted by Crippen LogP contribution is -2.29. The molecule has 1 aliphatic rings. The van der Waals surface area contributed by atoms with Crippen molar-refractivity contribution in [1.29, 1.82) is 0 Å². The number of nitrogens with zero attached hydrogens (tertiary/aromatic N) is 1. The zero-order valence-electron chi connectivity index (χ0n) is 16.1. The second-order valence-electron chi connectivity index (χ2n) is 6.96. The molecule has 0 atom stereocenters. The third kappa shape index (κ3) is 5.51. The van der Waals surface area contributed by atoms with Crippen LogP contribution in [0.1, 0.15) is 24.0 Å². The summed E-state index contributed by atoms with van der Waals surface area (Å²) in [7, 11) is -3.48. The van der Waals surface area contributed by atoms with Crippen LogP contribution in [0.4, 0.5) is 18.9 Å². The van der Waals surface area contributed by atoms with E-state index in [0.717, 1.165) is 25.0 Å². The van der Waals surface area contributed by atoms with E-state index >= 15 is 0 Å². The summed E-state index contributed by atoms with van der Waals surface area (Å²) in [5.74, 6) is -0.402. The quantitative estimate of drug-likeness (QED) is 0.692. The lowest BCUT2D eigenvalue weighted by atomic mass is 10.2. The first-order valence-corrected chi connectivity index (χ1v) is 10.9. The minimum absolute atomic E-state index is 0.174. The Hall–Kier alpha value is -2.59. The maximum atomic E-state index is 12.7. The molecule has 0 aromatic heterocycles. The first-order chi connectivity index (χ1) is 14.2. The Bertz CT molecular complexity index is 986. The normalized spacial score (nSPS) is 15.2. The zero-order valence-corrected chi connectivity index (χ0v) is 16.9. The number of hydrogen-bond donors (Lipinski definition) is 2. The van der Waals surface area contributed by atoms with Gasteiger partial charge in [-0.25, -0.2) is 8.42 Å². The minimum Gasteiger partial charge on any atom is -0.376 e. The van der Waals surface area contributed by atoms with Crippen LogP contribution in [0.2, 0.25) is 0 Å². The number of anilines is 1. The van der Waals surface area contributed by atoms with Crippen molar-refractivity contribution >= 4 is 21.6 Å². The first-order valence-electron chi connectivity index (χ1n) is 9.43. The van der Waals surface area contributed by atoms with Crippen LogP contribution in [-0.4, -0.2) is 38.3 Å². The molecule has 2 N–H and O–H groups in total. The van der Waals surface area contributed by atoms with E-state index in [2.05, 4.69) is 10.6 Å². The molecule has 0 aliphatic carbocycles. The average molecular weight is 441 g/mol. The summed E-state index contributed by atoms with van der Waals surface area (Å²) < 4.78 is 64.6. The van der Waals surface area contributed by atoms with Crippen LogP contribution >= 0.6 is 0 Å². The smallest absolute Gasteiger partial charge is 0.376 e. The molecule has 2 aromatic carbocycles. The molecule has 0 bridgehead atoms. The standard InChI is InChI=1S/C20H22F3N3O3S/c21-20(22,23)16-4-3-5-17(12-16)24-14-19(27)25-13-15-6-8-18(9-7-15)30(28,29)26-10-1-2-11-26/h3-9,12,24H,1-2,10-11,13-14H2,(H,25,27). The number of alkyl halides is 3. The third-order valence-corrected chi connectivity index (χ3v) is 6.67. The van der Waals surface area contributed by atoms with Crippen molar-refractivity contribution in [2.75, 3.05) is 25.0 Å². The molecular formula is C20H22F3N3O3S. The molecule has 1 fully saturated rings. The van der Waals surface area contributed by atoms with E-state index in [4.69, 9.17) is 0 Å². The van der Waals surface area contributed by atoms with E-state index in [0.29, 0.717) is 18.7 Å². The van der Waals surface area contributed by atoms with Crippen LogP contribution < -0.4 is 10.6 Å². The molecular weight excluding hydrogens is 419 g/mol. The summed E-state index contributed by atoms with van der Waals surface area (Å²) in [5, 5.41) is 5.30. The highest BCUT2D eigenvalue weighted by Crippen LogP contribution is 2.30. The third-order valence-electron chi connectivity index (χ3n) is 4.76. The zero-order chi connectivity index (χ0) is 21.8. The second kappa shape index (κ2) is 9.05. The van der Waals surface area contributed by atoms with Gasteiger partial charge in [0.05, 0.1) is 17.0 Å². The monoisotopic (exact) mass is 441 g/mol. The number of sulfonamides is 1. The van der Waals surface area contributed by atoms with E-state index in [-0.39, 0.29) is 23.7 Å². The molecule has 1 saturated heterocycles. The van der Waals surface area contributed by atoms with Gasteiger partial charge in [-0.3, -0.25) is 4.79 Å². The Labute approximate surface area is 173 Å². The lowest BCUT2D eigenvalue weighted by molar-refractivity contribution is -0.137. The molecule has 1 aliphatic heterocycles. The number of hydrogen-bond acceptors (Lipinski definition) is 4. The molecule has 6 nitrogen and oxygen atoms in total. The van der Waals surface area contributed by atoms with Gasteiger partial charge in [0.15, 0.2) is 0 Å². The number of nitrogens with one attached hydrogen (secondary N) is 2. The Morgan fingerprint density at radius 2 is 1.70 bits per heavy atom. The van der Waals surface area contributed by atoms with E-state index in [9.17, 15) is 26.4 Å². The predicted molar refractivity (Wildman–Crippen MR) is 106 cm³/mol. The Morgan fingerprint density at radius 1 is 1.03 bits per heavy atom. The van der Waals surface area contributed by atoms with Gasteiger partial charge in [0.2, 0.25) is 15.9 Å². The Kier molecular flexibility index (Phi) is 6.67. The van der Waals surface area contributed by atoms with Gasteiger partial charge in [-0.15, -0.1) is 0 Å². The topological polar surface area (TPSA) is 78.5 Å². The van der Waals surface area contributed by atoms with Gasteiger partial charge >= 0.3 is 6.18 Å². The van der Waals surface area contributed by atoms with Crippen LogP contribution in [0.25, 0.3) is 0 Å². The summed E-state index contributed by atoms with van der Waals surface area (Å²) in [5.41, 5.74) is 0.108. The van der Waals surface area contributed by atoms with Crippen molar-refractivity contribution in [3.05, 3.63) is 59.7 Å². The van der Waals surface area contributed by atoms with E-state index in [1.165, 1.54) is 28.6 Å². The maximum absolute atomic E-state index is 12.7. The number of rotatable bonds is 7. The van der Waals surface area contributed by atoms with Crippen LogP contribution in [0.5, 0.6) is 0 Å². The predicted octanol–water partition coefficient (Wildman–Crippen LogP) is 3.22. The molecule has 2 aromatic rings. The maximum Gasteiger partial charge on any atom is 0.416 e. The average Bonchev–Trinajstić information content (AvgIpc) is 3.26. The molecule has 0 unspecified atom stereocenters. The van der Waals surface area contributed by atoms with E-state index in [1.807, 2.05) is 0 Å². The number of amides is 1. The van der Waals surface area contributed by atoms with Crippen LogP contribution in [0.15, 0.2) is 53.4 Å². The van der Waals surface area contributed by atoms with Gasteiger partial charge in [-0.1, -0.05) is 18.2 Å². The summed E-state index contributed by atoms with van der Waals surface area (Å²) in [6.07, 6.45) is -2.73. The largest absolute Gasteiger partial charge is 0.416 e. The molecule has 162 valence electrons. The van der Waals surface area contributed by atoms with E-state index < -0.39 is 27.7 Å². The van der Waals surface area contributed by atoms with Gasteiger partial charge in [0.25, 0.3) is 0 Å². The van der Waals surface area contributed by atoms with Crippen LogP contribution in [0, 0.1) is 0 Å². The van der Waals surface area contributed by atoms with Crippen LogP contribution in [-0.2, 0) is 27.5 Å². The number of halogens is 3. The van der Waals surface area contributed by atoms with Crippen molar-refractivity contribution in [3.63, 3.8) is 0 Å². The molecule has 30 heavy (non-hydrogen) atoms. The highest BCUT2D eigenvalue weighted by atomic mass is 32.2. The summed E-state index contributed by atoms with van der Waals surface area (Å²) >= 11 is 0. The first kappa shape index (κ1) is 22.1. The molecule has 0 radical (unpaired) electrons. The molecule has 0 spiro atoms. The van der Waals surface area contributed by atoms with Gasteiger partial charge in [0, 0.05) is 25.3 Å². The Balaban J connectivity index is 1.50. The number of carbonyl (C=O) groups excluding carboxylic acids is 1. The molecule has 1 amide bonds. The molecule has 3 rings (SSSR count). The second-order valence-corrected chi connectivity index (χ2v) is 8.90. The number of benzene rings is 2. The Morgan fingerprint density at radius 3 is 2.33 bits per heavy atom. The van der Waals surface area contributed by atoms with Crippen molar-refractivity contribution in [3.8, 4) is 0 Å². The van der Waals surface area contributed by atoms with Gasteiger partial charge < -0.3 is 10.6 Å². The SMILES string of the molecule is O=C(CNc1cccc(C(F)(F)F)c1)NCc1ccc(S(=O)(=O)N2CCCC2)cc1. The molecule has 0 saturated carbocycles. The summed E-state index contributed by atoms with van der Waals surface area (Å²) in [6.45, 7) is 1.04. The highest BCUT2D eigenvalue weighted by molar-refractivity contribution is 7.89. The summed E-state index contributed by atoms with van der Waals surface area (Å²) in [6, 6.07) is 10.9. The van der Waals surface area contributed by atoms with Crippen molar-refractivity contribution in [2.45, 2.75) is 30.5 Å². The molecule has 1 heterocycles. The molecule has 10 heteroatoms. The van der Waals surface area contributed by atoms with Crippen molar-refractivity contribution in [2.24, 2.45) is 0 Å². The van der Waals surface area contributed by atoms with Gasteiger partial charge in [0.1, 0.15) is 0 Å². The summed E-state index contributed by atoms with van der Waals surface area (Å²) in [4.78, 5) is 12.2. The fraction of sp³-hybridized carbons (Fsp3) is 0.350. The minimum atomic E-state index is -4.45. The highest BCUT2D eigenvalue weighted by Gasteiger charge is 2.30. The van der Waals surface area contributed by atoms with E-state index in [1.54, 1.807) is 12.1 Å². The van der Waals surface area contributed by atoms with Crippen LogP contribution in [0.3, 0.4) is 0 Å².